The minimum absolute atomic E-state index is 0. The summed E-state index contributed by atoms with van der Waals surface area (Å²) >= 11 is 0. The van der Waals surface area contributed by atoms with Gasteiger partial charge in [0.15, 0.2) is 0 Å². The number of amides is 2. The van der Waals surface area contributed by atoms with Crippen LogP contribution in [0, 0.1) is 0 Å². The molecule has 0 bridgehead atoms. The van der Waals surface area contributed by atoms with E-state index >= 15 is 0 Å². The van der Waals surface area contributed by atoms with Gasteiger partial charge in [0.2, 0.25) is 11.8 Å². The molecule has 0 unspecified atom stereocenters. The summed E-state index contributed by atoms with van der Waals surface area (Å²) in [6.07, 6.45) is 2.66. The molecule has 0 atom stereocenters. The van der Waals surface area contributed by atoms with Crippen LogP contribution in [-0.4, -0.2) is 66.9 Å². The van der Waals surface area contributed by atoms with E-state index in [-0.39, 0.29) is 36.6 Å². The molecule has 1 heterocycles. The van der Waals surface area contributed by atoms with Crippen molar-refractivity contribution in [1.82, 2.24) is 15.1 Å². The molecule has 1 saturated heterocycles. The van der Waals surface area contributed by atoms with Crippen molar-refractivity contribution in [3.05, 3.63) is 0 Å². The van der Waals surface area contributed by atoms with Crippen molar-refractivity contribution in [3.63, 3.8) is 0 Å². The van der Waals surface area contributed by atoms with Crippen molar-refractivity contribution in [2.45, 2.75) is 25.3 Å². The van der Waals surface area contributed by atoms with Crippen molar-refractivity contribution in [2.24, 2.45) is 5.73 Å². The fourth-order valence-electron chi connectivity index (χ4n) is 2.14. The smallest absolute Gasteiger partial charge is 0.234 e. The molecular weight excluding hydrogens is 303 g/mol. The first-order chi connectivity index (χ1) is 8.69. The monoisotopic (exact) mass is 326 g/mol. The van der Waals surface area contributed by atoms with Gasteiger partial charge in [-0.25, -0.2) is 0 Å². The topological polar surface area (TPSA) is 78.7 Å². The number of hydrogen-bond donors (Lipinski definition) is 2. The van der Waals surface area contributed by atoms with Crippen LogP contribution in [0.3, 0.4) is 0 Å². The first-order valence-corrected chi connectivity index (χ1v) is 6.68. The van der Waals surface area contributed by atoms with Gasteiger partial charge in [-0.1, -0.05) is 0 Å². The molecule has 1 aliphatic heterocycles. The Morgan fingerprint density at radius 3 is 2.20 bits per heavy atom. The Kier molecular flexibility index (Phi) is 9.13. The largest absolute Gasteiger partial charge is 0.352 e. The molecule has 0 aromatic carbocycles. The summed E-state index contributed by atoms with van der Waals surface area (Å²) in [4.78, 5) is 27.2. The molecule has 3 N–H and O–H groups in total. The highest BCUT2D eigenvalue weighted by Crippen LogP contribution is 2.18. The quantitative estimate of drug-likeness (QED) is 0.720. The van der Waals surface area contributed by atoms with Crippen LogP contribution in [0.1, 0.15) is 19.3 Å². The molecule has 2 rings (SSSR count). The second kappa shape index (κ2) is 9.39. The van der Waals surface area contributed by atoms with Crippen molar-refractivity contribution in [2.75, 3.05) is 39.3 Å². The highest BCUT2D eigenvalue weighted by molar-refractivity contribution is 5.85. The van der Waals surface area contributed by atoms with E-state index in [1.54, 1.807) is 0 Å². The summed E-state index contributed by atoms with van der Waals surface area (Å²) in [5.74, 6) is 0.235. The zero-order valence-corrected chi connectivity index (χ0v) is 13.2. The Balaban J connectivity index is 0.00000180. The lowest BCUT2D eigenvalue weighted by Gasteiger charge is -2.34. The van der Waals surface area contributed by atoms with Gasteiger partial charge < -0.3 is 16.0 Å². The van der Waals surface area contributed by atoms with Crippen LogP contribution in [0.15, 0.2) is 0 Å². The molecule has 118 valence electrons. The molecule has 0 spiro atoms. The predicted molar refractivity (Wildman–Crippen MR) is 82.4 cm³/mol. The van der Waals surface area contributed by atoms with Crippen LogP contribution in [0.25, 0.3) is 0 Å². The van der Waals surface area contributed by atoms with Gasteiger partial charge in [-0.05, 0) is 12.8 Å². The van der Waals surface area contributed by atoms with E-state index < -0.39 is 0 Å². The Morgan fingerprint density at radius 1 is 1.10 bits per heavy atom. The summed E-state index contributed by atoms with van der Waals surface area (Å²) in [7, 11) is 0. The SMILES string of the molecule is Cl.Cl.NCCC(=O)N1CCN(CC(=O)NC2CC2)CC1. The number of nitrogens with one attached hydrogen (secondary N) is 1. The van der Waals surface area contributed by atoms with E-state index in [2.05, 4.69) is 10.2 Å². The molecule has 0 aromatic heterocycles. The van der Waals surface area contributed by atoms with Crippen LogP contribution in [0.4, 0.5) is 0 Å². The van der Waals surface area contributed by atoms with E-state index in [9.17, 15) is 9.59 Å². The Labute approximate surface area is 132 Å². The maximum atomic E-state index is 11.6. The van der Waals surface area contributed by atoms with Crippen LogP contribution in [0.5, 0.6) is 0 Å². The van der Waals surface area contributed by atoms with Gasteiger partial charge in [0, 0.05) is 45.2 Å². The van der Waals surface area contributed by atoms with Gasteiger partial charge in [0.1, 0.15) is 0 Å². The zero-order valence-electron chi connectivity index (χ0n) is 11.5. The van der Waals surface area contributed by atoms with E-state index in [0.717, 1.165) is 25.9 Å². The molecule has 2 aliphatic rings. The molecule has 8 heteroatoms. The number of carbonyl (C=O) groups excluding carboxylic acids is 2. The molecule has 2 fully saturated rings. The first kappa shape index (κ1) is 19.4. The molecule has 0 radical (unpaired) electrons. The van der Waals surface area contributed by atoms with Crippen LogP contribution in [0.2, 0.25) is 0 Å². The lowest BCUT2D eigenvalue weighted by molar-refractivity contribution is -0.133. The average Bonchev–Trinajstić information content (AvgIpc) is 3.14. The number of hydrogen-bond acceptors (Lipinski definition) is 4. The molecule has 1 saturated carbocycles. The van der Waals surface area contributed by atoms with Crippen LogP contribution in [-0.2, 0) is 9.59 Å². The summed E-state index contributed by atoms with van der Waals surface area (Å²) in [6, 6.07) is 0.421. The zero-order chi connectivity index (χ0) is 13.0. The third-order valence-electron chi connectivity index (χ3n) is 3.39. The van der Waals surface area contributed by atoms with Crippen molar-refractivity contribution in [1.29, 1.82) is 0 Å². The highest BCUT2D eigenvalue weighted by atomic mass is 35.5. The third-order valence-corrected chi connectivity index (χ3v) is 3.39. The summed E-state index contributed by atoms with van der Waals surface area (Å²) < 4.78 is 0. The third kappa shape index (κ3) is 6.26. The highest BCUT2D eigenvalue weighted by Gasteiger charge is 2.26. The van der Waals surface area contributed by atoms with E-state index in [0.29, 0.717) is 38.6 Å². The minimum atomic E-state index is 0. The summed E-state index contributed by atoms with van der Waals surface area (Å²) in [6.45, 7) is 3.81. The van der Waals surface area contributed by atoms with Gasteiger partial charge in [-0.3, -0.25) is 14.5 Å². The number of rotatable bonds is 5. The van der Waals surface area contributed by atoms with Crippen LogP contribution < -0.4 is 11.1 Å². The second-order valence-electron chi connectivity index (χ2n) is 5.04. The number of nitrogens with two attached hydrogens (primary N) is 1. The van der Waals surface area contributed by atoms with E-state index in [1.165, 1.54) is 0 Å². The van der Waals surface area contributed by atoms with E-state index in [1.807, 2.05) is 4.90 Å². The lowest BCUT2D eigenvalue weighted by atomic mass is 10.2. The number of piperazine rings is 1. The van der Waals surface area contributed by atoms with Gasteiger partial charge in [-0.15, -0.1) is 24.8 Å². The van der Waals surface area contributed by atoms with Crippen molar-refractivity contribution in [3.8, 4) is 0 Å². The van der Waals surface area contributed by atoms with Crippen molar-refractivity contribution < 1.29 is 9.59 Å². The number of nitrogens with zero attached hydrogens (tertiary/aromatic N) is 2. The predicted octanol–water partition coefficient (Wildman–Crippen LogP) is -0.398. The maximum Gasteiger partial charge on any atom is 0.234 e. The van der Waals surface area contributed by atoms with Crippen LogP contribution >= 0.6 is 24.8 Å². The second-order valence-corrected chi connectivity index (χ2v) is 5.04. The minimum Gasteiger partial charge on any atom is -0.352 e. The maximum absolute atomic E-state index is 11.6. The molecular formula is C12H24Cl2N4O2. The van der Waals surface area contributed by atoms with E-state index in [4.69, 9.17) is 5.73 Å². The Bertz CT molecular complexity index is 319. The molecule has 1 aliphatic carbocycles. The average molecular weight is 327 g/mol. The summed E-state index contributed by atoms with van der Waals surface area (Å²) in [5, 5.41) is 2.98. The van der Waals surface area contributed by atoms with Crippen molar-refractivity contribution >= 4 is 36.6 Å². The molecule has 2 amide bonds. The Morgan fingerprint density at radius 2 is 1.70 bits per heavy atom. The van der Waals surface area contributed by atoms with Gasteiger partial charge >= 0.3 is 0 Å². The van der Waals surface area contributed by atoms with Gasteiger partial charge in [-0.2, -0.15) is 0 Å². The Hall–Kier alpha value is -0.560. The summed E-state index contributed by atoms with van der Waals surface area (Å²) in [5.41, 5.74) is 5.37. The standard InChI is InChI=1S/C12H22N4O2.2ClH/c13-4-3-12(18)16-7-5-15(6-8-16)9-11(17)14-10-1-2-10;;/h10H,1-9,13H2,(H,14,17);2*1H. The molecule has 20 heavy (non-hydrogen) atoms. The van der Waals surface area contributed by atoms with Gasteiger partial charge in [0.05, 0.1) is 6.54 Å². The number of carbonyl (C=O) groups is 2. The van der Waals surface area contributed by atoms with Gasteiger partial charge in [0.25, 0.3) is 0 Å². The first-order valence-electron chi connectivity index (χ1n) is 6.68. The lowest BCUT2D eigenvalue weighted by Crippen LogP contribution is -2.51. The number of halogens is 2. The molecule has 6 nitrogen and oxygen atoms in total. The molecule has 0 aromatic rings. The fraction of sp³-hybridized carbons (Fsp3) is 0.833. The normalized spacial score (nSPS) is 18.8. The fourth-order valence-corrected chi connectivity index (χ4v) is 2.14.